The lowest BCUT2D eigenvalue weighted by Crippen LogP contribution is -2.52. The summed E-state index contributed by atoms with van der Waals surface area (Å²) in [6, 6.07) is 9.09. The maximum atomic E-state index is 12.6. The number of carbonyl (C=O) groups excluding carboxylic acids is 2. The molecule has 10 heteroatoms. The molecule has 3 N–H and O–H groups in total. The van der Waals surface area contributed by atoms with Crippen LogP contribution in [0.4, 0.5) is 13.6 Å². The molecule has 1 atom stereocenters. The van der Waals surface area contributed by atoms with Crippen molar-refractivity contribution in [2.75, 3.05) is 13.1 Å². The number of aryl methyl sites for hydroxylation is 1. The van der Waals surface area contributed by atoms with E-state index in [1.807, 2.05) is 25.1 Å². The first-order valence-electron chi connectivity index (χ1n) is 10.6. The number of likely N-dealkylation sites (tertiary alicyclic amines) is 1. The number of alkyl halides is 2. The van der Waals surface area contributed by atoms with Crippen LogP contribution in [0.3, 0.4) is 0 Å². The van der Waals surface area contributed by atoms with Crippen LogP contribution >= 0.6 is 0 Å². The Labute approximate surface area is 184 Å². The van der Waals surface area contributed by atoms with Gasteiger partial charge in [-0.15, -0.1) is 0 Å². The fraction of sp³-hybridized carbons (Fsp3) is 0.409. The molecule has 1 fully saturated rings. The first-order valence-corrected chi connectivity index (χ1v) is 10.6. The van der Waals surface area contributed by atoms with Crippen LogP contribution in [0.1, 0.15) is 36.3 Å². The molecule has 0 unspecified atom stereocenters. The first-order chi connectivity index (χ1) is 15.4. The summed E-state index contributed by atoms with van der Waals surface area (Å²) in [5.74, 6) is -0.190. The van der Waals surface area contributed by atoms with Gasteiger partial charge < -0.3 is 20.5 Å². The van der Waals surface area contributed by atoms with Gasteiger partial charge in [0.25, 0.3) is 0 Å². The van der Waals surface area contributed by atoms with E-state index >= 15 is 0 Å². The number of piperidine rings is 1. The Kier molecular flexibility index (Phi) is 6.38. The Morgan fingerprint density at radius 2 is 2.12 bits per heavy atom. The molecule has 1 saturated heterocycles. The van der Waals surface area contributed by atoms with Gasteiger partial charge in [-0.2, -0.15) is 13.9 Å². The number of aromatic nitrogens is 3. The quantitative estimate of drug-likeness (QED) is 0.545. The lowest BCUT2D eigenvalue weighted by atomic mass is 10.1. The van der Waals surface area contributed by atoms with E-state index in [0.717, 1.165) is 35.6 Å². The Hall–Kier alpha value is -3.43. The van der Waals surface area contributed by atoms with Gasteiger partial charge in [0.2, 0.25) is 5.91 Å². The molecule has 4 rings (SSSR count). The predicted octanol–water partition coefficient (Wildman–Crippen LogP) is 3.10. The standard InChI is InChI=1S/C22H26F2N6O2/c1-14-4-5-19-15(9-14)10-18(26-19)12-25-22(32)27-17-3-2-7-29(13-17)20(31)11-16-6-8-30(28-16)21(23)24/h4-6,8-10,17,21,26H,2-3,7,11-13H2,1H3,(H2,25,27,32)/t17-/m1/s1. The van der Waals surface area contributed by atoms with E-state index in [4.69, 9.17) is 0 Å². The highest BCUT2D eigenvalue weighted by atomic mass is 19.3. The average molecular weight is 444 g/mol. The van der Waals surface area contributed by atoms with Gasteiger partial charge in [0.1, 0.15) is 0 Å². The minimum Gasteiger partial charge on any atom is -0.357 e. The third kappa shape index (κ3) is 5.24. The van der Waals surface area contributed by atoms with Crippen molar-refractivity contribution in [2.45, 2.75) is 45.3 Å². The van der Waals surface area contributed by atoms with Gasteiger partial charge in [-0.05, 0) is 49.4 Å². The van der Waals surface area contributed by atoms with Crippen molar-refractivity contribution < 1.29 is 18.4 Å². The van der Waals surface area contributed by atoms with Gasteiger partial charge in [-0.1, -0.05) is 11.6 Å². The zero-order valence-corrected chi connectivity index (χ0v) is 17.8. The maximum absolute atomic E-state index is 12.6. The number of aromatic amines is 1. The average Bonchev–Trinajstić information content (AvgIpc) is 3.39. The minimum atomic E-state index is -2.73. The number of fused-ring (bicyclic) bond motifs is 1. The largest absolute Gasteiger partial charge is 0.357 e. The molecule has 0 aliphatic carbocycles. The van der Waals surface area contributed by atoms with Crippen molar-refractivity contribution >= 4 is 22.8 Å². The van der Waals surface area contributed by atoms with Crippen molar-refractivity contribution in [1.82, 2.24) is 30.3 Å². The topological polar surface area (TPSA) is 95.0 Å². The summed E-state index contributed by atoms with van der Waals surface area (Å²) in [4.78, 5) is 29.9. The fourth-order valence-corrected chi connectivity index (χ4v) is 3.99. The predicted molar refractivity (Wildman–Crippen MR) is 115 cm³/mol. The van der Waals surface area contributed by atoms with Crippen LogP contribution in [0.5, 0.6) is 0 Å². The minimum absolute atomic E-state index is 0.0432. The number of amides is 3. The Bertz CT molecular complexity index is 1110. The van der Waals surface area contributed by atoms with Gasteiger partial charge in [0.05, 0.1) is 18.7 Å². The molecule has 0 spiro atoms. The molecule has 0 saturated carbocycles. The van der Waals surface area contributed by atoms with Crippen LogP contribution in [0, 0.1) is 6.92 Å². The van der Waals surface area contributed by atoms with E-state index in [1.165, 1.54) is 11.6 Å². The third-order valence-electron chi connectivity index (χ3n) is 5.58. The highest BCUT2D eigenvalue weighted by Crippen LogP contribution is 2.17. The maximum Gasteiger partial charge on any atom is 0.333 e. The molecule has 8 nitrogen and oxygen atoms in total. The summed E-state index contributed by atoms with van der Waals surface area (Å²) in [6.07, 6.45) is 2.64. The van der Waals surface area contributed by atoms with Gasteiger partial charge >= 0.3 is 12.6 Å². The van der Waals surface area contributed by atoms with Crippen LogP contribution in [-0.2, 0) is 17.8 Å². The summed E-state index contributed by atoms with van der Waals surface area (Å²) in [5, 5.41) is 10.6. The SMILES string of the molecule is Cc1ccc2[nH]c(CNC(=O)N[C@@H]3CCCN(C(=O)Cc4ccn(C(F)F)n4)C3)cc2c1. The fourth-order valence-electron chi connectivity index (χ4n) is 3.99. The number of nitrogens with one attached hydrogen (secondary N) is 3. The lowest BCUT2D eigenvalue weighted by molar-refractivity contribution is -0.131. The molecule has 3 aromatic rings. The Morgan fingerprint density at radius 3 is 2.91 bits per heavy atom. The van der Waals surface area contributed by atoms with E-state index in [1.54, 1.807) is 4.90 Å². The number of nitrogens with zero attached hydrogens (tertiary/aromatic N) is 3. The van der Waals surface area contributed by atoms with Crippen molar-refractivity contribution in [3.8, 4) is 0 Å². The van der Waals surface area contributed by atoms with Crippen molar-refractivity contribution in [3.63, 3.8) is 0 Å². The molecule has 1 aromatic carbocycles. The number of urea groups is 1. The second-order valence-corrected chi connectivity index (χ2v) is 8.13. The Balaban J connectivity index is 1.26. The number of H-pyrrole nitrogens is 1. The first kappa shape index (κ1) is 21.8. The van der Waals surface area contributed by atoms with Crippen molar-refractivity contribution in [1.29, 1.82) is 0 Å². The van der Waals surface area contributed by atoms with Crippen molar-refractivity contribution in [3.05, 3.63) is 53.5 Å². The molecule has 2 aromatic heterocycles. The summed E-state index contributed by atoms with van der Waals surface area (Å²) < 4.78 is 25.8. The van der Waals surface area contributed by atoms with Crippen LogP contribution in [0.15, 0.2) is 36.5 Å². The number of hydrogen-bond donors (Lipinski definition) is 3. The molecule has 170 valence electrons. The zero-order chi connectivity index (χ0) is 22.7. The highest BCUT2D eigenvalue weighted by molar-refractivity contribution is 5.81. The lowest BCUT2D eigenvalue weighted by Gasteiger charge is -2.33. The summed E-state index contributed by atoms with van der Waals surface area (Å²) in [6.45, 7) is 0.624. The van der Waals surface area contributed by atoms with Gasteiger partial charge in [-0.25, -0.2) is 9.48 Å². The van der Waals surface area contributed by atoms with Crippen molar-refractivity contribution in [2.24, 2.45) is 0 Å². The molecule has 32 heavy (non-hydrogen) atoms. The molecule has 1 aliphatic heterocycles. The van der Waals surface area contributed by atoms with E-state index in [-0.39, 0.29) is 24.4 Å². The highest BCUT2D eigenvalue weighted by Gasteiger charge is 2.25. The Morgan fingerprint density at radius 1 is 1.28 bits per heavy atom. The van der Waals surface area contributed by atoms with Gasteiger partial charge in [-0.3, -0.25) is 4.79 Å². The monoisotopic (exact) mass is 444 g/mol. The number of carbonyl (C=O) groups is 2. The number of hydrogen-bond acceptors (Lipinski definition) is 3. The molecular weight excluding hydrogens is 418 g/mol. The van der Waals surface area contributed by atoms with Crippen LogP contribution in [0.2, 0.25) is 0 Å². The number of halogens is 2. The van der Waals surface area contributed by atoms with E-state index in [2.05, 4.69) is 26.8 Å². The second-order valence-electron chi connectivity index (χ2n) is 8.13. The smallest absolute Gasteiger partial charge is 0.333 e. The molecule has 3 amide bonds. The molecule has 3 heterocycles. The van der Waals surface area contributed by atoms with Crippen LogP contribution in [-0.4, -0.2) is 50.7 Å². The molecule has 0 bridgehead atoms. The zero-order valence-electron chi connectivity index (χ0n) is 17.8. The van der Waals surface area contributed by atoms with Gasteiger partial charge in [0.15, 0.2) is 0 Å². The molecule has 1 aliphatic rings. The third-order valence-corrected chi connectivity index (χ3v) is 5.58. The van der Waals surface area contributed by atoms with Crippen LogP contribution in [0.25, 0.3) is 10.9 Å². The summed E-state index contributed by atoms with van der Waals surface area (Å²) in [7, 11) is 0. The normalized spacial score (nSPS) is 16.5. The van der Waals surface area contributed by atoms with E-state index < -0.39 is 6.55 Å². The molecule has 0 radical (unpaired) electrons. The van der Waals surface area contributed by atoms with E-state index in [9.17, 15) is 18.4 Å². The number of benzene rings is 1. The number of rotatable bonds is 6. The second kappa shape index (κ2) is 9.37. The molecular formula is C22H26F2N6O2. The summed E-state index contributed by atoms with van der Waals surface area (Å²) >= 11 is 0. The van der Waals surface area contributed by atoms with E-state index in [0.29, 0.717) is 30.0 Å². The summed E-state index contributed by atoms with van der Waals surface area (Å²) in [5.41, 5.74) is 3.40. The van der Waals surface area contributed by atoms with Gasteiger partial charge in [0, 0.05) is 36.5 Å². The van der Waals surface area contributed by atoms with Crippen LogP contribution < -0.4 is 10.6 Å².